The van der Waals surface area contributed by atoms with Crippen LogP contribution in [0.2, 0.25) is 0 Å². The SMILES string of the molecule is CC(=O)c1cc(C(=O)OCCCS(=O)(=O)O)c(C)c(N(CCCS(=O)(=O)O)/C(C)=C/C=C/C=C/C(CCCS(=O)(=O)O)=NCCCS(=O)(=O)O)c1. The number of anilines is 1. The number of allylic oxidation sites excluding steroid dienone is 6. The number of hydrogen-bond acceptors (Lipinski definition) is 13. The zero-order valence-electron chi connectivity index (χ0n) is 28.3. The van der Waals surface area contributed by atoms with E-state index in [1.165, 1.54) is 25.1 Å². The minimum atomic E-state index is -4.33. The summed E-state index contributed by atoms with van der Waals surface area (Å²) in [6.45, 7) is 4.17. The molecule has 0 aliphatic rings. The van der Waals surface area contributed by atoms with Crippen LogP contribution in [0.1, 0.15) is 72.2 Å². The van der Waals surface area contributed by atoms with Gasteiger partial charge in [-0.15, -0.1) is 0 Å². The molecule has 0 unspecified atom stereocenters. The Kier molecular flexibility index (Phi) is 18.5. The number of rotatable bonds is 23. The van der Waals surface area contributed by atoms with Crippen LogP contribution in [0.5, 0.6) is 0 Å². The lowest BCUT2D eigenvalue weighted by Gasteiger charge is -2.28. The maximum absolute atomic E-state index is 13.0. The molecule has 288 valence electrons. The van der Waals surface area contributed by atoms with Gasteiger partial charge in [-0.2, -0.15) is 33.7 Å². The Morgan fingerprint density at radius 1 is 0.765 bits per heavy atom. The van der Waals surface area contributed by atoms with Gasteiger partial charge in [0.25, 0.3) is 40.5 Å². The van der Waals surface area contributed by atoms with E-state index in [0.29, 0.717) is 22.7 Å². The third-order valence-electron chi connectivity index (χ3n) is 6.85. The number of nitrogens with zero attached hydrogens (tertiary/aromatic N) is 2. The Morgan fingerprint density at radius 2 is 1.31 bits per heavy atom. The lowest BCUT2D eigenvalue weighted by atomic mass is 9.99. The van der Waals surface area contributed by atoms with Gasteiger partial charge >= 0.3 is 5.97 Å². The fourth-order valence-corrected chi connectivity index (χ4v) is 6.39. The van der Waals surface area contributed by atoms with Crippen molar-refractivity contribution in [3.8, 4) is 0 Å². The van der Waals surface area contributed by atoms with Gasteiger partial charge in [0.15, 0.2) is 5.78 Å². The van der Waals surface area contributed by atoms with Crippen LogP contribution in [0, 0.1) is 6.92 Å². The fourth-order valence-electron chi connectivity index (χ4n) is 4.41. The third kappa shape index (κ3) is 21.0. The van der Waals surface area contributed by atoms with E-state index in [9.17, 15) is 47.8 Å². The summed E-state index contributed by atoms with van der Waals surface area (Å²) in [5.74, 6) is -3.54. The number of aliphatic imine (C=N–C) groups is 1. The first kappa shape index (κ1) is 45.7. The molecule has 1 aromatic rings. The second-order valence-electron chi connectivity index (χ2n) is 11.2. The van der Waals surface area contributed by atoms with Gasteiger partial charge in [0.2, 0.25) is 0 Å². The van der Waals surface area contributed by atoms with Crippen molar-refractivity contribution in [1.29, 1.82) is 0 Å². The van der Waals surface area contributed by atoms with Crippen LogP contribution < -0.4 is 4.90 Å². The first-order chi connectivity index (χ1) is 23.4. The summed E-state index contributed by atoms with van der Waals surface area (Å²) in [7, 11) is -17.0. The predicted molar refractivity (Wildman–Crippen MR) is 192 cm³/mol. The highest BCUT2D eigenvalue weighted by atomic mass is 32.2. The van der Waals surface area contributed by atoms with E-state index >= 15 is 0 Å². The second-order valence-corrected chi connectivity index (χ2v) is 17.5. The second kappa shape index (κ2) is 20.7. The topological polar surface area (TPSA) is 276 Å². The molecule has 1 aromatic carbocycles. The zero-order chi connectivity index (χ0) is 39.0. The normalized spacial score (nSPS) is 13.6. The zero-order valence-corrected chi connectivity index (χ0v) is 31.6. The maximum atomic E-state index is 13.0. The molecule has 0 amide bonds. The smallest absolute Gasteiger partial charge is 0.338 e. The van der Waals surface area contributed by atoms with Gasteiger partial charge < -0.3 is 9.64 Å². The summed E-state index contributed by atoms with van der Waals surface area (Å²) in [4.78, 5) is 31.3. The number of ether oxygens (including phenoxy) is 1. The highest BCUT2D eigenvalue weighted by Gasteiger charge is 2.22. The van der Waals surface area contributed by atoms with Crippen LogP contribution in [0.25, 0.3) is 0 Å². The van der Waals surface area contributed by atoms with E-state index in [-0.39, 0.29) is 62.9 Å². The molecule has 0 saturated carbocycles. The molecule has 51 heavy (non-hydrogen) atoms. The molecule has 4 N–H and O–H groups in total. The predicted octanol–water partition coefficient (Wildman–Crippen LogP) is 3.12. The lowest BCUT2D eigenvalue weighted by molar-refractivity contribution is 0.0504. The summed E-state index contributed by atoms with van der Waals surface area (Å²) in [5.41, 5.74) is 1.65. The Balaban J connectivity index is 3.43. The molecule has 0 aliphatic carbocycles. The number of esters is 1. The van der Waals surface area contributed by atoms with E-state index in [0.717, 1.165) is 0 Å². The number of carbonyl (C=O) groups is 2. The van der Waals surface area contributed by atoms with E-state index in [1.807, 2.05) is 0 Å². The highest BCUT2D eigenvalue weighted by Crippen LogP contribution is 2.30. The van der Waals surface area contributed by atoms with Crippen LogP contribution in [0.15, 0.2) is 53.2 Å². The quantitative estimate of drug-likeness (QED) is 0.0309. The summed E-state index contributed by atoms with van der Waals surface area (Å²) in [6.07, 6.45) is 7.80. The van der Waals surface area contributed by atoms with Crippen molar-refractivity contribution in [3.63, 3.8) is 0 Å². The van der Waals surface area contributed by atoms with Crippen molar-refractivity contribution >= 4 is 63.6 Å². The first-order valence-electron chi connectivity index (χ1n) is 15.3. The highest BCUT2D eigenvalue weighted by molar-refractivity contribution is 7.86. The van der Waals surface area contributed by atoms with Crippen molar-refractivity contribution in [2.45, 2.75) is 52.9 Å². The van der Waals surface area contributed by atoms with Crippen LogP contribution in [-0.4, -0.2) is 112 Å². The van der Waals surface area contributed by atoms with Gasteiger partial charge in [0.1, 0.15) is 0 Å². The van der Waals surface area contributed by atoms with E-state index in [4.69, 9.17) is 18.4 Å². The van der Waals surface area contributed by atoms with Gasteiger partial charge in [-0.3, -0.25) is 28.0 Å². The van der Waals surface area contributed by atoms with Crippen LogP contribution in [0.4, 0.5) is 5.69 Å². The van der Waals surface area contributed by atoms with E-state index < -0.39 is 75.2 Å². The van der Waals surface area contributed by atoms with Gasteiger partial charge in [-0.25, -0.2) is 4.79 Å². The molecule has 0 bridgehead atoms. The number of Topliss-reactive ketones (excluding diaryl/α,β-unsaturated/α-hetero) is 1. The molecule has 0 heterocycles. The molecule has 0 aromatic heterocycles. The number of benzene rings is 1. The molecular formula is C30H44N2O15S4. The number of hydrogen-bond donors (Lipinski definition) is 4. The van der Waals surface area contributed by atoms with Crippen molar-refractivity contribution < 1.29 is 66.2 Å². The number of ketones is 1. The Hall–Kier alpha value is -3.31. The molecule has 0 radical (unpaired) electrons. The molecule has 0 saturated heterocycles. The minimum Gasteiger partial charge on any atom is -0.462 e. The first-order valence-corrected chi connectivity index (χ1v) is 21.8. The average molecular weight is 801 g/mol. The molecule has 0 spiro atoms. The third-order valence-corrected chi connectivity index (χ3v) is 10.1. The Labute approximate surface area is 299 Å². The van der Waals surface area contributed by atoms with Gasteiger partial charge in [0, 0.05) is 35.7 Å². The van der Waals surface area contributed by atoms with Crippen molar-refractivity contribution in [2.24, 2.45) is 4.99 Å². The summed E-state index contributed by atoms with van der Waals surface area (Å²) >= 11 is 0. The molecule has 0 atom stereocenters. The minimum absolute atomic E-state index is 0.00494. The standard InChI is InChI=1S/C30H44N2O15S4/c1-23(11-5-4-6-12-27(13-7-17-48(35,36)37)31-14-8-18-49(38,39)40)32(15-9-19-50(41,42)43)29-22-26(25(3)33)21-28(24(29)2)30(34)47-16-10-20-51(44,45)46/h4-6,11-12,21-22H,7-10,13-20H2,1-3H3,(H,35,36,37)(H,38,39,40)(H,41,42,43)(H,44,45,46)/b5-4+,12-6+,23-11+,31-27?. The van der Waals surface area contributed by atoms with Gasteiger partial charge in [-0.1, -0.05) is 18.2 Å². The molecular weight excluding hydrogens is 757 g/mol. The lowest BCUT2D eigenvalue weighted by Crippen LogP contribution is -2.26. The maximum Gasteiger partial charge on any atom is 0.338 e. The summed E-state index contributed by atoms with van der Waals surface area (Å²) < 4.78 is 130. The van der Waals surface area contributed by atoms with Crippen molar-refractivity contribution in [2.75, 3.05) is 47.6 Å². The van der Waals surface area contributed by atoms with Crippen LogP contribution >= 0.6 is 0 Å². The average Bonchev–Trinajstić information content (AvgIpc) is 2.97. The fraction of sp³-hybridized carbons (Fsp3) is 0.500. The van der Waals surface area contributed by atoms with Crippen molar-refractivity contribution in [1.82, 2.24) is 0 Å². The van der Waals surface area contributed by atoms with Crippen LogP contribution in [0.3, 0.4) is 0 Å². The van der Waals surface area contributed by atoms with E-state index in [1.54, 1.807) is 43.1 Å². The Bertz CT molecular complexity index is 1950. The molecule has 0 fully saturated rings. The largest absolute Gasteiger partial charge is 0.462 e. The van der Waals surface area contributed by atoms with Crippen LogP contribution in [-0.2, 0) is 45.2 Å². The summed E-state index contributed by atoms with van der Waals surface area (Å²) in [6, 6.07) is 2.81. The number of carbonyl (C=O) groups excluding carboxylic acids is 2. The van der Waals surface area contributed by atoms with E-state index in [2.05, 4.69) is 4.99 Å². The summed E-state index contributed by atoms with van der Waals surface area (Å²) in [5, 5.41) is 0. The molecule has 0 aliphatic heterocycles. The molecule has 1 rings (SSSR count). The van der Waals surface area contributed by atoms with Gasteiger partial charge in [-0.05, 0) is 82.7 Å². The Morgan fingerprint density at radius 3 is 1.88 bits per heavy atom. The van der Waals surface area contributed by atoms with Crippen molar-refractivity contribution in [3.05, 3.63) is 64.9 Å². The monoisotopic (exact) mass is 800 g/mol. The molecule has 21 heteroatoms. The van der Waals surface area contributed by atoms with Gasteiger partial charge in [0.05, 0.1) is 35.2 Å². The molecule has 17 nitrogen and oxygen atoms in total.